The standard InChI is InChI=1S/C16H22N4O3S/c1-5-17-15(21)11(2)24-16-19-18-14(20(16)3)10-23-13-8-6-12(22-4)7-9-13/h6-9,11H,5,10H2,1-4H3,(H,17,21)/t11-/m0/s1. The van der Waals surface area contributed by atoms with Crippen LogP contribution in [0, 0.1) is 0 Å². The van der Waals surface area contributed by atoms with Crippen molar-refractivity contribution in [3.8, 4) is 11.5 Å². The number of benzene rings is 1. The second-order valence-electron chi connectivity index (χ2n) is 5.08. The number of hydrogen-bond acceptors (Lipinski definition) is 6. The van der Waals surface area contributed by atoms with Crippen LogP contribution in [0.1, 0.15) is 19.7 Å². The molecule has 1 aromatic heterocycles. The van der Waals surface area contributed by atoms with Gasteiger partial charge in [-0.05, 0) is 38.1 Å². The molecule has 24 heavy (non-hydrogen) atoms. The Bertz CT molecular complexity index is 672. The molecule has 1 heterocycles. The van der Waals surface area contributed by atoms with E-state index in [2.05, 4.69) is 15.5 Å². The molecule has 0 fully saturated rings. The number of ether oxygens (including phenoxy) is 2. The average molecular weight is 350 g/mol. The molecule has 0 aliphatic rings. The third-order valence-corrected chi connectivity index (χ3v) is 4.49. The summed E-state index contributed by atoms with van der Waals surface area (Å²) in [6, 6.07) is 7.34. The van der Waals surface area contributed by atoms with E-state index in [1.807, 2.05) is 49.7 Å². The number of rotatable bonds is 8. The monoisotopic (exact) mass is 350 g/mol. The zero-order valence-electron chi connectivity index (χ0n) is 14.3. The van der Waals surface area contributed by atoms with Gasteiger partial charge in [0.05, 0.1) is 12.4 Å². The Morgan fingerprint density at radius 2 is 1.96 bits per heavy atom. The van der Waals surface area contributed by atoms with Crippen molar-refractivity contribution in [2.75, 3.05) is 13.7 Å². The van der Waals surface area contributed by atoms with Gasteiger partial charge in [0, 0.05) is 13.6 Å². The lowest BCUT2D eigenvalue weighted by molar-refractivity contribution is -0.120. The number of carbonyl (C=O) groups excluding carboxylic acids is 1. The molecule has 0 unspecified atom stereocenters. The van der Waals surface area contributed by atoms with Crippen molar-refractivity contribution < 1.29 is 14.3 Å². The van der Waals surface area contributed by atoms with E-state index >= 15 is 0 Å². The topological polar surface area (TPSA) is 78.3 Å². The highest BCUT2D eigenvalue weighted by molar-refractivity contribution is 8.00. The van der Waals surface area contributed by atoms with Crippen molar-refractivity contribution >= 4 is 17.7 Å². The van der Waals surface area contributed by atoms with E-state index in [1.165, 1.54) is 11.8 Å². The third-order valence-electron chi connectivity index (χ3n) is 3.35. The Hall–Kier alpha value is -2.22. The quantitative estimate of drug-likeness (QED) is 0.734. The Morgan fingerprint density at radius 3 is 2.58 bits per heavy atom. The molecule has 8 heteroatoms. The van der Waals surface area contributed by atoms with Crippen LogP contribution in [0.25, 0.3) is 0 Å². The summed E-state index contributed by atoms with van der Waals surface area (Å²) in [6.45, 7) is 4.65. The maximum Gasteiger partial charge on any atom is 0.233 e. The Morgan fingerprint density at radius 1 is 1.29 bits per heavy atom. The molecule has 7 nitrogen and oxygen atoms in total. The Balaban J connectivity index is 1.95. The van der Waals surface area contributed by atoms with Crippen LogP contribution in [0.3, 0.4) is 0 Å². The average Bonchev–Trinajstić information content (AvgIpc) is 2.93. The summed E-state index contributed by atoms with van der Waals surface area (Å²) in [5.41, 5.74) is 0. The summed E-state index contributed by atoms with van der Waals surface area (Å²) in [7, 11) is 3.48. The van der Waals surface area contributed by atoms with Gasteiger partial charge in [-0.2, -0.15) is 0 Å². The number of nitrogens with one attached hydrogen (secondary N) is 1. The van der Waals surface area contributed by atoms with Gasteiger partial charge in [-0.15, -0.1) is 10.2 Å². The molecule has 1 aromatic carbocycles. The van der Waals surface area contributed by atoms with Gasteiger partial charge in [0.15, 0.2) is 11.0 Å². The van der Waals surface area contributed by atoms with Crippen LogP contribution in [-0.2, 0) is 18.4 Å². The van der Waals surface area contributed by atoms with Crippen molar-refractivity contribution in [1.82, 2.24) is 20.1 Å². The molecule has 0 aliphatic heterocycles. The van der Waals surface area contributed by atoms with E-state index in [-0.39, 0.29) is 11.2 Å². The lowest BCUT2D eigenvalue weighted by Crippen LogP contribution is -2.30. The maximum atomic E-state index is 11.8. The summed E-state index contributed by atoms with van der Waals surface area (Å²) < 4.78 is 12.7. The van der Waals surface area contributed by atoms with E-state index in [4.69, 9.17) is 9.47 Å². The molecule has 0 saturated heterocycles. The molecule has 2 aromatic rings. The minimum Gasteiger partial charge on any atom is -0.497 e. The number of aromatic nitrogens is 3. The molecule has 0 bridgehead atoms. The van der Waals surface area contributed by atoms with Crippen molar-refractivity contribution in [1.29, 1.82) is 0 Å². The molecule has 0 radical (unpaired) electrons. The summed E-state index contributed by atoms with van der Waals surface area (Å²) >= 11 is 1.37. The van der Waals surface area contributed by atoms with Crippen molar-refractivity contribution in [2.45, 2.75) is 30.9 Å². The fourth-order valence-corrected chi connectivity index (χ4v) is 2.78. The normalized spacial score (nSPS) is 11.8. The highest BCUT2D eigenvalue weighted by Gasteiger charge is 2.18. The van der Waals surface area contributed by atoms with Gasteiger partial charge in [-0.25, -0.2) is 0 Å². The summed E-state index contributed by atoms with van der Waals surface area (Å²) in [5.74, 6) is 2.18. The number of hydrogen-bond donors (Lipinski definition) is 1. The van der Waals surface area contributed by atoms with E-state index in [0.717, 1.165) is 11.5 Å². The molecule has 0 saturated carbocycles. The molecule has 1 atom stereocenters. The number of carbonyl (C=O) groups is 1. The molecular formula is C16H22N4O3S. The van der Waals surface area contributed by atoms with Crippen LogP contribution in [-0.4, -0.2) is 39.6 Å². The predicted octanol–water partition coefficient (Wildman–Crippen LogP) is 2.02. The minimum atomic E-state index is -0.233. The van der Waals surface area contributed by atoms with Gasteiger partial charge in [-0.3, -0.25) is 4.79 Å². The zero-order valence-corrected chi connectivity index (χ0v) is 15.1. The smallest absolute Gasteiger partial charge is 0.233 e. The molecule has 0 spiro atoms. The van der Waals surface area contributed by atoms with Gasteiger partial charge < -0.3 is 19.4 Å². The highest BCUT2D eigenvalue weighted by atomic mass is 32.2. The maximum absolute atomic E-state index is 11.8. The van der Waals surface area contributed by atoms with Crippen molar-refractivity contribution in [3.05, 3.63) is 30.1 Å². The summed E-state index contributed by atoms with van der Waals surface area (Å²) in [4.78, 5) is 11.8. The SMILES string of the molecule is CCNC(=O)[C@H](C)Sc1nnc(COc2ccc(OC)cc2)n1C. The lowest BCUT2D eigenvalue weighted by Gasteiger charge is -2.10. The Kier molecular flexibility index (Phi) is 6.48. The van der Waals surface area contributed by atoms with Gasteiger partial charge in [-0.1, -0.05) is 11.8 Å². The number of thioether (sulfide) groups is 1. The molecule has 130 valence electrons. The molecule has 2 rings (SSSR count). The van der Waals surface area contributed by atoms with Gasteiger partial charge >= 0.3 is 0 Å². The van der Waals surface area contributed by atoms with Crippen LogP contribution in [0.5, 0.6) is 11.5 Å². The highest BCUT2D eigenvalue weighted by Crippen LogP contribution is 2.22. The Labute approximate surface area is 145 Å². The lowest BCUT2D eigenvalue weighted by atomic mass is 10.3. The van der Waals surface area contributed by atoms with Gasteiger partial charge in [0.1, 0.15) is 18.1 Å². The fraction of sp³-hybridized carbons (Fsp3) is 0.438. The first-order chi connectivity index (χ1) is 11.5. The zero-order chi connectivity index (χ0) is 17.5. The minimum absolute atomic E-state index is 0.0125. The predicted molar refractivity (Wildman–Crippen MR) is 92.3 cm³/mol. The fourth-order valence-electron chi connectivity index (χ4n) is 1.92. The first-order valence-corrected chi connectivity index (χ1v) is 8.52. The van der Waals surface area contributed by atoms with Crippen molar-refractivity contribution in [3.63, 3.8) is 0 Å². The molecule has 1 N–H and O–H groups in total. The third kappa shape index (κ3) is 4.64. The van der Waals surface area contributed by atoms with E-state index in [0.29, 0.717) is 24.1 Å². The van der Waals surface area contributed by atoms with E-state index in [1.54, 1.807) is 7.11 Å². The molecule has 1 amide bonds. The van der Waals surface area contributed by atoms with E-state index < -0.39 is 0 Å². The van der Waals surface area contributed by atoms with Crippen LogP contribution < -0.4 is 14.8 Å². The number of nitrogens with zero attached hydrogens (tertiary/aromatic N) is 3. The van der Waals surface area contributed by atoms with Gasteiger partial charge in [0.2, 0.25) is 5.91 Å². The summed E-state index contributed by atoms with van der Waals surface area (Å²) in [6.07, 6.45) is 0. The number of amides is 1. The van der Waals surface area contributed by atoms with Crippen molar-refractivity contribution in [2.24, 2.45) is 7.05 Å². The molecular weight excluding hydrogens is 328 g/mol. The van der Waals surface area contributed by atoms with E-state index in [9.17, 15) is 4.79 Å². The largest absolute Gasteiger partial charge is 0.497 e. The number of methoxy groups -OCH3 is 1. The summed E-state index contributed by atoms with van der Waals surface area (Å²) in [5, 5.41) is 11.5. The van der Waals surface area contributed by atoms with Gasteiger partial charge in [0.25, 0.3) is 0 Å². The first-order valence-electron chi connectivity index (χ1n) is 7.64. The van der Waals surface area contributed by atoms with Crippen LogP contribution >= 0.6 is 11.8 Å². The molecule has 0 aliphatic carbocycles. The van der Waals surface area contributed by atoms with Crippen LogP contribution in [0.15, 0.2) is 29.4 Å². The van der Waals surface area contributed by atoms with Crippen LogP contribution in [0.4, 0.5) is 0 Å². The second-order valence-corrected chi connectivity index (χ2v) is 6.38. The first kappa shape index (κ1) is 18.1. The second kappa shape index (κ2) is 8.58. The van der Waals surface area contributed by atoms with Crippen LogP contribution in [0.2, 0.25) is 0 Å².